The van der Waals surface area contributed by atoms with E-state index in [1.165, 1.54) is 6.07 Å². The number of halogens is 2. The van der Waals surface area contributed by atoms with Crippen LogP contribution in [0.5, 0.6) is 0 Å². The summed E-state index contributed by atoms with van der Waals surface area (Å²) in [5.41, 5.74) is 7.90. The molecule has 2 unspecified atom stereocenters. The van der Waals surface area contributed by atoms with Gasteiger partial charge in [-0.2, -0.15) is 0 Å². The highest BCUT2D eigenvalue weighted by Gasteiger charge is 2.67. The molecule has 0 saturated heterocycles. The molecule has 33 heavy (non-hydrogen) atoms. The fourth-order valence-corrected chi connectivity index (χ4v) is 5.53. The van der Waals surface area contributed by atoms with E-state index in [2.05, 4.69) is 20.3 Å². The van der Waals surface area contributed by atoms with Gasteiger partial charge < -0.3 is 15.8 Å². The minimum atomic E-state index is -1.03. The molecule has 3 N–H and O–H groups in total. The number of hydrogen-bond acceptors (Lipinski definition) is 8. The van der Waals surface area contributed by atoms with Gasteiger partial charge in [-0.25, -0.2) is 13.8 Å². The lowest BCUT2D eigenvalue weighted by molar-refractivity contribution is -0.143. The van der Waals surface area contributed by atoms with Crippen LogP contribution in [0.2, 0.25) is 0 Å². The van der Waals surface area contributed by atoms with Crippen molar-refractivity contribution in [2.45, 2.75) is 31.1 Å². The molecule has 3 heterocycles. The van der Waals surface area contributed by atoms with Gasteiger partial charge >= 0.3 is 5.97 Å². The number of aromatic nitrogens is 2. The molecule has 1 aromatic carbocycles. The summed E-state index contributed by atoms with van der Waals surface area (Å²) in [6, 6.07) is 5.54. The van der Waals surface area contributed by atoms with Crippen LogP contribution < -0.4 is 11.1 Å². The number of carbonyl (C=O) groups excluding carboxylic acids is 1. The number of nitrogens with one attached hydrogen (secondary N) is 1. The van der Waals surface area contributed by atoms with Crippen molar-refractivity contribution in [1.29, 1.82) is 0 Å². The molecule has 1 aliphatic carbocycles. The minimum absolute atomic E-state index is 0.0287. The summed E-state index contributed by atoms with van der Waals surface area (Å²) >= 11 is 1.13. The number of carbonyl (C=O) groups is 1. The molecule has 2 aromatic heterocycles. The number of rotatable bonds is 5. The number of nitrogens with zero attached hydrogens (tertiary/aromatic N) is 3. The highest BCUT2D eigenvalue weighted by Crippen LogP contribution is 2.64. The average Bonchev–Trinajstić information content (AvgIpc) is 3.51. The number of benzene rings is 1. The van der Waals surface area contributed by atoms with E-state index < -0.39 is 28.4 Å². The monoisotopic (exact) mass is 469 g/mol. The van der Waals surface area contributed by atoms with Gasteiger partial charge in [0.1, 0.15) is 10.3 Å². The quantitative estimate of drug-likeness (QED) is 0.535. The second-order valence-corrected chi connectivity index (χ2v) is 9.52. The van der Waals surface area contributed by atoms with Crippen LogP contribution in [0.4, 0.5) is 20.3 Å². The Balaban J connectivity index is 1.52. The maximum absolute atomic E-state index is 14.9. The molecule has 2 aliphatic rings. The molecular formula is C23H21F2N5O2S. The van der Waals surface area contributed by atoms with Crippen LogP contribution >= 0.6 is 11.8 Å². The van der Waals surface area contributed by atoms with Crippen LogP contribution in [0.25, 0.3) is 10.9 Å². The number of thioether (sulfide) groups is 1. The van der Waals surface area contributed by atoms with E-state index in [0.29, 0.717) is 23.4 Å². The van der Waals surface area contributed by atoms with Crippen LogP contribution in [0, 0.1) is 24.5 Å². The van der Waals surface area contributed by atoms with Crippen molar-refractivity contribution in [2.24, 2.45) is 16.6 Å². The fraction of sp³-hybridized carbons (Fsp3) is 0.304. The van der Waals surface area contributed by atoms with Gasteiger partial charge in [-0.1, -0.05) is 11.8 Å². The molecule has 3 atom stereocenters. The molecule has 0 amide bonds. The van der Waals surface area contributed by atoms with Crippen LogP contribution in [0.3, 0.4) is 0 Å². The lowest BCUT2D eigenvalue weighted by Gasteiger charge is -2.25. The molecule has 170 valence electrons. The third-order valence-corrected chi connectivity index (χ3v) is 7.21. The number of aliphatic imine (C=N–C) groups is 1. The molecule has 5 rings (SSSR count). The Hall–Kier alpha value is -3.27. The Morgan fingerprint density at radius 2 is 2.15 bits per heavy atom. The summed E-state index contributed by atoms with van der Waals surface area (Å²) in [6.07, 6.45) is 3.76. The van der Waals surface area contributed by atoms with Crippen molar-refractivity contribution in [1.82, 2.24) is 9.97 Å². The number of fused-ring (bicyclic) bond motifs is 2. The lowest BCUT2D eigenvalue weighted by atomic mass is 9.99. The predicted octanol–water partition coefficient (Wildman–Crippen LogP) is 4.38. The Morgan fingerprint density at radius 3 is 2.94 bits per heavy atom. The van der Waals surface area contributed by atoms with Crippen molar-refractivity contribution in [3.05, 3.63) is 59.4 Å². The molecule has 0 spiro atoms. The Bertz CT molecular complexity index is 1320. The number of anilines is 2. The molecule has 1 saturated carbocycles. The first kappa shape index (κ1) is 21.6. The second-order valence-electron chi connectivity index (χ2n) is 8.17. The molecule has 1 fully saturated rings. The molecule has 0 bridgehead atoms. The van der Waals surface area contributed by atoms with Crippen molar-refractivity contribution < 1.29 is 18.3 Å². The molecular weight excluding hydrogens is 448 g/mol. The summed E-state index contributed by atoms with van der Waals surface area (Å²) in [6.45, 7) is 3.88. The van der Waals surface area contributed by atoms with Gasteiger partial charge in [-0.05, 0) is 44.0 Å². The fourth-order valence-electron chi connectivity index (χ4n) is 4.30. The van der Waals surface area contributed by atoms with E-state index in [9.17, 15) is 13.6 Å². The first-order valence-corrected chi connectivity index (χ1v) is 11.3. The summed E-state index contributed by atoms with van der Waals surface area (Å²) in [5.74, 6) is -2.37. The Morgan fingerprint density at radius 1 is 1.33 bits per heavy atom. The van der Waals surface area contributed by atoms with E-state index in [-0.39, 0.29) is 23.3 Å². The van der Waals surface area contributed by atoms with Gasteiger partial charge in [0, 0.05) is 41.0 Å². The standard InChI is InChI=1S/C23H21F2N5O2S/c1-3-32-21(31)23-9-15(23)19(30-22(26)33-23)14-7-13(8-16(24)17(14)25)29-20-18-12(4-5-27-20)6-11(2)10-28-18/h4-8,10,15,19H,3,9H2,1-2H3,(H2,26,30)(H,27,29)/t15?,19?,23-/m0/s1. The van der Waals surface area contributed by atoms with Gasteiger partial charge in [0.2, 0.25) is 0 Å². The number of aryl methyl sites for hydroxylation is 1. The van der Waals surface area contributed by atoms with E-state index in [1.807, 2.05) is 19.1 Å². The van der Waals surface area contributed by atoms with Gasteiger partial charge in [-0.15, -0.1) is 0 Å². The number of ether oxygens (including phenoxy) is 1. The van der Waals surface area contributed by atoms with Gasteiger partial charge in [0.25, 0.3) is 0 Å². The van der Waals surface area contributed by atoms with E-state index in [4.69, 9.17) is 10.5 Å². The average molecular weight is 470 g/mol. The van der Waals surface area contributed by atoms with E-state index in [1.54, 1.807) is 19.3 Å². The highest BCUT2D eigenvalue weighted by atomic mass is 32.2. The molecule has 3 aromatic rings. The maximum atomic E-state index is 14.9. The zero-order valence-corrected chi connectivity index (χ0v) is 18.7. The molecule has 1 aliphatic heterocycles. The number of hydrogen-bond donors (Lipinski definition) is 2. The van der Waals surface area contributed by atoms with Gasteiger partial charge in [0.05, 0.1) is 12.6 Å². The first-order valence-electron chi connectivity index (χ1n) is 10.5. The maximum Gasteiger partial charge on any atom is 0.323 e. The smallest absolute Gasteiger partial charge is 0.323 e. The molecule has 10 heteroatoms. The predicted molar refractivity (Wildman–Crippen MR) is 123 cm³/mol. The van der Waals surface area contributed by atoms with E-state index in [0.717, 1.165) is 28.8 Å². The van der Waals surface area contributed by atoms with Crippen LogP contribution in [0.1, 0.15) is 30.5 Å². The summed E-state index contributed by atoms with van der Waals surface area (Å²) in [4.78, 5) is 25.6. The third-order valence-electron chi connectivity index (χ3n) is 5.89. The first-order chi connectivity index (χ1) is 15.8. The third kappa shape index (κ3) is 3.68. The van der Waals surface area contributed by atoms with Gasteiger partial charge in [0.15, 0.2) is 22.6 Å². The van der Waals surface area contributed by atoms with Crippen molar-refractivity contribution in [3.63, 3.8) is 0 Å². The van der Waals surface area contributed by atoms with Crippen LogP contribution in [-0.4, -0.2) is 32.5 Å². The van der Waals surface area contributed by atoms with E-state index >= 15 is 0 Å². The van der Waals surface area contributed by atoms with Crippen LogP contribution in [0.15, 0.2) is 41.7 Å². The summed E-state index contributed by atoms with van der Waals surface area (Å²) < 4.78 is 33.9. The largest absolute Gasteiger partial charge is 0.465 e. The minimum Gasteiger partial charge on any atom is -0.465 e. The lowest BCUT2D eigenvalue weighted by Crippen LogP contribution is -2.33. The Kier molecular flexibility index (Phi) is 5.19. The van der Waals surface area contributed by atoms with Crippen molar-refractivity contribution in [2.75, 3.05) is 11.9 Å². The normalized spacial score (nSPS) is 23.6. The highest BCUT2D eigenvalue weighted by molar-refractivity contribution is 8.15. The number of pyridine rings is 2. The zero-order chi connectivity index (χ0) is 23.3. The molecule has 7 nitrogen and oxygen atoms in total. The summed E-state index contributed by atoms with van der Waals surface area (Å²) in [5, 5.41) is 4.07. The second kappa shape index (κ2) is 7.95. The SMILES string of the molecule is CCOC(=O)[C@]12CC1C(c1cc(Nc3nccc4cc(C)cnc34)cc(F)c1F)N=C(N)S2. The number of amidine groups is 1. The topological polar surface area (TPSA) is 102 Å². The number of nitrogens with two attached hydrogens (primary N) is 1. The zero-order valence-electron chi connectivity index (χ0n) is 17.9. The van der Waals surface area contributed by atoms with Crippen molar-refractivity contribution in [3.8, 4) is 0 Å². The Labute approximate surface area is 192 Å². The van der Waals surface area contributed by atoms with Crippen LogP contribution in [-0.2, 0) is 9.53 Å². The number of esters is 1. The molecule has 0 radical (unpaired) electrons. The summed E-state index contributed by atoms with van der Waals surface area (Å²) in [7, 11) is 0. The van der Waals surface area contributed by atoms with Crippen molar-refractivity contribution >= 4 is 45.3 Å². The van der Waals surface area contributed by atoms with Gasteiger partial charge in [-0.3, -0.25) is 14.8 Å².